The number of carbonyl (C=O) groups is 1. The number of terminal acetylenes is 1. The van der Waals surface area contributed by atoms with Crippen LogP contribution in [0.3, 0.4) is 0 Å². The lowest BCUT2D eigenvalue weighted by Gasteiger charge is -2.34. The molecule has 3 atom stereocenters. The maximum atomic E-state index is 16.9. The number of anilines is 1. The Hall–Kier alpha value is -4.40. The number of nitrogens with zero attached hydrogens (tertiary/aromatic N) is 5. The summed E-state index contributed by atoms with van der Waals surface area (Å²) in [4.78, 5) is 29.8. The Labute approximate surface area is 304 Å². The molecule has 0 radical (unpaired) electrons. The van der Waals surface area contributed by atoms with Gasteiger partial charge in [-0.25, -0.2) is 8.78 Å². The molecule has 3 saturated heterocycles. The standard InChI is InChI=1S/C41H48F2N6O3/c1-3-32-35(42)16-13-27-20-30(51)21-33(36(27)32)38-37(43)39-34(22-44-38)40(49-23-28-14-15-29(24-49)45-28)47-41(46-39)52-31-17-19-48(25-31)18-11-9-7-5-4-6-8-10-12-26(2)50/h1,13,16,20-22,28-29,31,45,51H,4-12,14-15,17-19,23-25H2,2H3/t28?,29?,31-/m1/s1. The average molecular weight is 711 g/mol. The van der Waals surface area contributed by atoms with Crippen molar-refractivity contribution in [3.05, 3.63) is 47.7 Å². The summed E-state index contributed by atoms with van der Waals surface area (Å²) in [5, 5.41) is 15.5. The number of halogens is 2. The number of likely N-dealkylation sites (tertiary alicyclic amines) is 1. The second kappa shape index (κ2) is 16.1. The van der Waals surface area contributed by atoms with Gasteiger partial charge in [-0.1, -0.05) is 50.5 Å². The Balaban J connectivity index is 1.09. The number of pyridine rings is 1. The van der Waals surface area contributed by atoms with Crippen molar-refractivity contribution in [2.24, 2.45) is 0 Å². The van der Waals surface area contributed by atoms with Gasteiger partial charge >= 0.3 is 6.01 Å². The van der Waals surface area contributed by atoms with Gasteiger partial charge in [0.15, 0.2) is 5.82 Å². The van der Waals surface area contributed by atoms with Crippen LogP contribution in [-0.2, 0) is 4.79 Å². The van der Waals surface area contributed by atoms with Crippen molar-refractivity contribution in [3.63, 3.8) is 0 Å². The van der Waals surface area contributed by atoms with E-state index in [1.165, 1.54) is 56.4 Å². The molecule has 2 unspecified atom stereocenters. The number of aromatic hydroxyl groups is 1. The lowest BCUT2D eigenvalue weighted by Crippen LogP contribution is -2.51. The average Bonchev–Trinajstić information content (AvgIpc) is 3.72. The van der Waals surface area contributed by atoms with Gasteiger partial charge in [0.25, 0.3) is 0 Å². The third kappa shape index (κ3) is 7.98. The molecule has 7 rings (SSSR count). The number of benzene rings is 2. The monoisotopic (exact) mass is 710 g/mol. The van der Waals surface area contributed by atoms with E-state index in [1.54, 1.807) is 13.1 Å². The van der Waals surface area contributed by atoms with Crippen molar-refractivity contribution < 1.29 is 23.4 Å². The first-order valence-corrected chi connectivity index (χ1v) is 18.9. The number of carbonyl (C=O) groups excluding carboxylic acids is 1. The van der Waals surface area contributed by atoms with Crippen molar-refractivity contribution >= 4 is 33.3 Å². The quantitative estimate of drug-likeness (QED) is 0.0972. The molecule has 3 fully saturated rings. The third-order valence-electron chi connectivity index (χ3n) is 10.9. The van der Waals surface area contributed by atoms with Crippen LogP contribution in [-0.4, -0.2) is 81.7 Å². The lowest BCUT2D eigenvalue weighted by atomic mass is 9.96. The molecule has 2 aromatic heterocycles. The summed E-state index contributed by atoms with van der Waals surface area (Å²) in [6.45, 7) is 5.80. The Bertz CT molecular complexity index is 1970. The van der Waals surface area contributed by atoms with Gasteiger partial charge in [0.1, 0.15) is 40.5 Å². The molecule has 9 nitrogen and oxygen atoms in total. The molecule has 5 heterocycles. The minimum Gasteiger partial charge on any atom is -0.508 e. The molecule has 3 aliphatic heterocycles. The zero-order valence-corrected chi connectivity index (χ0v) is 30.0. The molecule has 2 N–H and O–H groups in total. The summed E-state index contributed by atoms with van der Waals surface area (Å²) in [6.07, 6.45) is 20.2. The van der Waals surface area contributed by atoms with E-state index < -0.39 is 11.6 Å². The number of unbranched alkanes of at least 4 members (excludes halogenated alkanes) is 7. The number of phenolic OH excluding ortho intramolecular Hbond substituents is 1. The Kier molecular flexibility index (Phi) is 11.1. The van der Waals surface area contributed by atoms with E-state index in [4.69, 9.17) is 16.1 Å². The molecular weight excluding hydrogens is 662 g/mol. The van der Waals surface area contributed by atoms with Gasteiger partial charge in [-0.15, -0.1) is 6.42 Å². The molecule has 0 amide bonds. The zero-order chi connectivity index (χ0) is 36.2. The number of ether oxygens (including phenoxy) is 1. The Morgan fingerprint density at radius 2 is 1.73 bits per heavy atom. The highest BCUT2D eigenvalue weighted by Crippen LogP contribution is 2.39. The molecule has 0 spiro atoms. The van der Waals surface area contributed by atoms with Crippen molar-refractivity contribution in [3.8, 4) is 35.4 Å². The van der Waals surface area contributed by atoms with Crippen molar-refractivity contribution in [1.82, 2.24) is 25.2 Å². The number of piperazine rings is 1. The topological polar surface area (TPSA) is 104 Å². The van der Waals surface area contributed by atoms with Gasteiger partial charge in [0.05, 0.1) is 10.9 Å². The summed E-state index contributed by atoms with van der Waals surface area (Å²) in [7, 11) is 0. The summed E-state index contributed by atoms with van der Waals surface area (Å²) in [5.74, 6) is 1.82. The summed E-state index contributed by atoms with van der Waals surface area (Å²) in [5.41, 5.74) is 0.118. The smallest absolute Gasteiger partial charge is 0.319 e. The first kappa shape index (κ1) is 36.0. The second-order valence-corrected chi connectivity index (χ2v) is 14.8. The van der Waals surface area contributed by atoms with Crippen LogP contribution in [0.1, 0.15) is 89.5 Å². The van der Waals surface area contributed by atoms with E-state index in [0.29, 0.717) is 40.5 Å². The zero-order valence-electron chi connectivity index (χ0n) is 30.0. The highest BCUT2D eigenvalue weighted by atomic mass is 19.1. The predicted molar refractivity (Wildman–Crippen MR) is 200 cm³/mol. The first-order valence-electron chi connectivity index (χ1n) is 18.9. The van der Waals surface area contributed by atoms with Crippen molar-refractivity contribution in [1.29, 1.82) is 0 Å². The number of nitrogens with one attached hydrogen (secondary N) is 1. The van der Waals surface area contributed by atoms with Crippen LogP contribution in [0.5, 0.6) is 11.8 Å². The largest absolute Gasteiger partial charge is 0.508 e. The molecule has 0 saturated carbocycles. The molecule has 11 heteroatoms. The fourth-order valence-electron chi connectivity index (χ4n) is 8.24. The predicted octanol–water partition coefficient (Wildman–Crippen LogP) is 7.30. The molecule has 2 bridgehead atoms. The highest BCUT2D eigenvalue weighted by Gasteiger charge is 2.35. The lowest BCUT2D eigenvalue weighted by molar-refractivity contribution is -0.117. The van der Waals surface area contributed by atoms with Crippen molar-refractivity contribution in [2.45, 2.75) is 102 Å². The van der Waals surface area contributed by atoms with Crippen molar-refractivity contribution in [2.75, 3.05) is 37.6 Å². The van der Waals surface area contributed by atoms with Gasteiger partial charge in [0, 0.05) is 61.8 Å². The van der Waals surface area contributed by atoms with Crippen LogP contribution < -0.4 is 15.0 Å². The van der Waals surface area contributed by atoms with Gasteiger partial charge in [0.2, 0.25) is 0 Å². The number of aromatic nitrogens is 3. The summed E-state index contributed by atoms with van der Waals surface area (Å²) >= 11 is 0. The molecule has 0 aliphatic carbocycles. The number of ketones is 1. The third-order valence-corrected chi connectivity index (χ3v) is 10.9. The molecule has 2 aromatic carbocycles. The van der Waals surface area contributed by atoms with E-state index in [1.807, 2.05) is 0 Å². The second-order valence-electron chi connectivity index (χ2n) is 14.8. The minimum atomic E-state index is -0.715. The molecule has 274 valence electrons. The Morgan fingerprint density at radius 3 is 2.46 bits per heavy atom. The van der Waals surface area contributed by atoms with Gasteiger partial charge in [-0.3, -0.25) is 9.88 Å². The number of hydrogen-bond acceptors (Lipinski definition) is 9. The molecule has 4 aromatic rings. The van der Waals surface area contributed by atoms with E-state index in [0.717, 1.165) is 71.2 Å². The SMILES string of the molecule is C#Cc1c(F)ccc2cc(O)cc(-c3ncc4c(N5CC6CCC(C5)N6)nc(O[C@@H]5CCN(CCCCCCCCCCC(C)=O)C5)nc4c3F)c12. The van der Waals surface area contributed by atoms with E-state index in [-0.39, 0.29) is 46.0 Å². The number of Topliss-reactive ketones (excluding diaryl/α,β-unsaturated/α-hetero) is 1. The maximum Gasteiger partial charge on any atom is 0.319 e. The summed E-state index contributed by atoms with van der Waals surface area (Å²) < 4.78 is 38.2. The fraction of sp³-hybridized carbons (Fsp3) is 0.512. The van der Waals surface area contributed by atoms with Crippen LogP contribution in [0.15, 0.2) is 30.5 Å². The number of fused-ring (bicyclic) bond motifs is 4. The molecular formula is C41H48F2N6O3. The van der Waals surface area contributed by atoms with Gasteiger partial charge in [-0.2, -0.15) is 9.97 Å². The van der Waals surface area contributed by atoms with Crippen LogP contribution in [0.25, 0.3) is 32.9 Å². The first-order chi connectivity index (χ1) is 25.3. The van der Waals surface area contributed by atoms with Crippen LogP contribution in [0, 0.1) is 24.0 Å². The highest BCUT2D eigenvalue weighted by molar-refractivity contribution is 6.03. The summed E-state index contributed by atoms with van der Waals surface area (Å²) in [6, 6.07) is 6.34. The maximum absolute atomic E-state index is 16.9. The van der Waals surface area contributed by atoms with E-state index in [2.05, 4.69) is 31.0 Å². The van der Waals surface area contributed by atoms with E-state index in [9.17, 15) is 14.3 Å². The number of phenols is 1. The fourth-order valence-corrected chi connectivity index (χ4v) is 8.24. The Morgan fingerprint density at radius 1 is 1.00 bits per heavy atom. The van der Waals surface area contributed by atoms with E-state index >= 15 is 4.39 Å². The van der Waals surface area contributed by atoms with Gasteiger partial charge < -0.3 is 24.9 Å². The minimum absolute atomic E-state index is 0.0271. The molecule has 52 heavy (non-hydrogen) atoms. The van der Waals surface area contributed by atoms with Crippen LogP contribution >= 0.6 is 0 Å². The molecule has 3 aliphatic rings. The van der Waals surface area contributed by atoms with Crippen LogP contribution in [0.2, 0.25) is 0 Å². The van der Waals surface area contributed by atoms with Crippen LogP contribution in [0.4, 0.5) is 14.6 Å². The van der Waals surface area contributed by atoms with Gasteiger partial charge in [-0.05, 0) is 69.2 Å². The number of hydrogen-bond donors (Lipinski definition) is 2. The number of rotatable bonds is 15. The normalized spacial score (nSPS) is 20.2.